The van der Waals surface area contributed by atoms with Gasteiger partial charge in [-0.3, -0.25) is 14.9 Å². The maximum Gasteiger partial charge on any atom is 0.259 e. The summed E-state index contributed by atoms with van der Waals surface area (Å²) in [6.45, 7) is 6.37. The van der Waals surface area contributed by atoms with Gasteiger partial charge in [-0.15, -0.1) is 11.3 Å². The zero-order chi connectivity index (χ0) is 21.3. The molecule has 3 N–H and O–H groups in total. The Hall–Kier alpha value is -2.51. The lowest BCUT2D eigenvalue weighted by molar-refractivity contribution is -0.115. The number of hydrogen-bond donors (Lipinski definition) is 3. The van der Waals surface area contributed by atoms with Gasteiger partial charge < -0.3 is 10.3 Å². The maximum absolute atomic E-state index is 12.8. The summed E-state index contributed by atoms with van der Waals surface area (Å²) in [7, 11) is 0. The van der Waals surface area contributed by atoms with E-state index in [1.54, 1.807) is 11.3 Å². The van der Waals surface area contributed by atoms with Crippen LogP contribution >= 0.6 is 11.3 Å². The fraction of sp³-hybridized carbons (Fsp3) is 0.435. The summed E-state index contributed by atoms with van der Waals surface area (Å²) in [5.74, 6) is 1.11. The molecule has 0 saturated heterocycles. The Morgan fingerprint density at radius 3 is 2.97 bits per heavy atom. The van der Waals surface area contributed by atoms with Crippen LogP contribution in [0.5, 0.6) is 0 Å². The molecule has 0 spiro atoms. The Labute approximate surface area is 180 Å². The van der Waals surface area contributed by atoms with E-state index >= 15 is 0 Å². The number of carbonyl (C=O) groups is 1. The van der Waals surface area contributed by atoms with Crippen molar-refractivity contribution >= 4 is 33.1 Å². The van der Waals surface area contributed by atoms with E-state index in [4.69, 9.17) is 4.98 Å². The SMILES string of the molecule is CCc1ccccc1NC(=O)CN[C@@H](C)c1nc2sc3c(c2c(=O)[nH]1)CC[C@H](C)C3. The lowest BCUT2D eigenvalue weighted by atomic mass is 9.89. The van der Waals surface area contributed by atoms with Gasteiger partial charge >= 0.3 is 0 Å². The first-order valence-corrected chi connectivity index (χ1v) is 11.4. The lowest BCUT2D eigenvalue weighted by Gasteiger charge is -2.17. The smallest absolute Gasteiger partial charge is 0.259 e. The Kier molecular flexibility index (Phi) is 6.01. The number of aromatic amines is 1. The molecule has 0 aliphatic heterocycles. The summed E-state index contributed by atoms with van der Waals surface area (Å²) in [6, 6.07) is 7.56. The Balaban J connectivity index is 1.46. The van der Waals surface area contributed by atoms with Crippen LogP contribution in [-0.2, 0) is 24.1 Å². The number of aromatic nitrogens is 2. The summed E-state index contributed by atoms with van der Waals surface area (Å²) in [5.41, 5.74) is 3.05. The number of carbonyl (C=O) groups excluding carboxylic acids is 1. The number of benzene rings is 1. The first-order chi connectivity index (χ1) is 14.5. The van der Waals surface area contributed by atoms with Crippen LogP contribution in [0.2, 0.25) is 0 Å². The summed E-state index contributed by atoms with van der Waals surface area (Å²) < 4.78 is 0. The molecule has 2 atom stereocenters. The van der Waals surface area contributed by atoms with E-state index in [0.29, 0.717) is 11.7 Å². The zero-order valence-corrected chi connectivity index (χ0v) is 18.5. The third-order valence-electron chi connectivity index (χ3n) is 5.84. The zero-order valence-electron chi connectivity index (χ0n) is 17.7. The molecule has 2 heterocycles. The van der Waals surface area contributed by atoms with Gasteiger partial charge in [0.15, 0.2) is 0 Å². The van der Waals surface area contributed by atoms with Gasteiger partial charge in [-0.2, -0.15) is 0 Å². The molecule has 0 radical (unpaired) electrons. The largest absolute Gasteiger partial charge is 0.325 e. The van der Waals surface area contributed by atoms with Crippen LogP contribution in [-0.4, -0.2) is 22.4 Å². The number of nitrogens with one attached hydrogen (secondary N) is 3. The predicted molar refractivity (Wildman–Crippen MR) is 122 cm³/mol. The van der Waals surface area contributed by atoms with E-state index in [1.165, 1.54) is 10.4 Å². The molecule has 1 aliphatic rings. The van der Waals surface area contributed by atoms with Gasteiger partial charge in [0.1, 0.15) is 10.7 Å². The number of hydrogen-bond acceptors (Lipinski definition) is 5. The fourth-order valence-electron chi connectivity index (χ4n) is 4.06. The number of anilines is 1. The van der Waals surface area contributed by atoms with Crippen molar-refractivity contribution < 1.29 is 4.79 Å². The van der Waals surface area contributed by atoms with Crippen LogP contribution in [0.1, 0.15) is 55.1 Å². The highest BCUT2D eigenvalue weighted by atomic mass is 32.1. The van der Waals surface area contributed by atoms with E-state index in [0.717, 1.165) is 47.2 Å². The van der Waals surface area contributed by atoms with E-state index in [9.17, 15) is 9.59 Å². The summed E-state index contributed by atoms with van der Waals surface area (Å²) >= 11 is 1.64. The van der Waals surface area contributed by atoms with Crippen molar-refractivity contribution in [1.82, 2.24) is 15.3 Å². The summed E-state index contributed by atoms with van der Waals surface area (Å²) in [6.07, 6.45) is 3.95. The number of thiophene rings is 1. The first kappa shape index (κ1) is 20.8. The normalized spacial score (nSPS) is 17.0. The minimum atomic E-state index is -0.243. The number of H-pyrrole nitrogens is 1. The molecule has 2 aromatic heterocycles. The van der Waals surface area contributed by atoms with E-state index < -0.39 is 0 Å². The lowest BCUT2D eigenvalue weighted by Crippen LogP contribution is -2.32. The second-order valence-electron chi connectivity index (χ2n) is 8.14. The highest BCUT2D eigenvalue weighted by Gasteiger charge is 2.23. The molecule has 0 bridgehead atoms. The molecule has 1 aliphatic carbocycles. The average Bonchev–Trinajstić information content (AvgIpc) is 3.10. The van der Waals surface area contributed by atoms with E-state index in [-0.39, 0.29) is 24.1 Å². The van der Waals surface area contributed by atoms with Crippen LogP contribution in [0.4, 0.5) is 5.69 Å². The predicted octanol–water partition coefficient (Wildman–Crippen LogP) is 3.96. The molecular formula is C23H28N4O2S. The third kappa shape index (κ3) is 4.18. The van der Waals surface area contributed by atoms with Crippen molar-refractivity contribution in [3.63, 3.8) is 0 Å². The Bertz CT molecular complexity index is 1130. The van der Waals surface area contributed by atoms with Gasteiger partial charge in [-0.05, 0) is 55.7 Å². The van der Waals surface area contributed by atoms with Gasteiger partial charge in [0.25, 0.3) is 5.56 Å². The maximum atomic E-state index is 12.8. The number of fused-ring (bicyclic) bond motifs is 3. The number of para-hydroxylation sites is 1. The second kappa shape index (κ2) is 8.70. The van der Waals surface area contributed by atoms with E-state index in [1.807, 2.05) is 31.2 Å². The van der Waals surface area contributed by atoms with E-state index in [2.05, 4.69) is 29.5 Å². The van der Waals surface area contributed by atoms with Gasteiger partial charge in [0, 0.05) is 10.6 Å². The molecule has 0 fully saturated rings. The molecule has 4 rings (SSSR count). The van der Waals surface area contributed by atoms with Crippen molar-refractivity contribution in [3.8, 4) is 0 Å². The Morgan fingerprint density at radius 1 is 1.37 bits per heavy atom. The highest BCUT2D eigenvalue weighted by molar-refractivity contribution is 7.18. The molecule has 0 saturated carbocycles. The van der Waals surface area contributed by atoms with Gasteiger partial charge in [-0.1, -0.05) is 32.0 Å². The van der Waals surface area contributed by atoms with Crippen LogP contribution < -0.4 is 16.2 Å². The third-order valence-corrected chi connectivity index (χ3v) is 6.98. The molecule has 7 heteroatoms. The monoisotopic (exact) mass is 424 g/mol. The summed E-state index contributed by atoms with van der Waals surface area (Å²) in [4.78, 5) is 34.9. The summed E-state index contributed by atoms with van der Waals surface area (Å²) in [5, 5.41) is 6.89. The average molecular weight is 425 g/mol. The van der Waals surface area contributed by atoms with Crippen molar-refractivity contribution in [3.05, 3.63) is 56.4 Å². The molecule has 1 amide bonds. The van der Waals surface area contributed by atoms with Crippen molar-refractivity contribution in [2.45, 2.75) is 52.5 Å². The van der Waals surface area contributed by atoms with Gasteiger partial charge in [0.2, 0.25) is 5.91 Å². The van der Waals surface area contributed by atoms with Gasteiger partial charge in [0.05, 0.1) is 18.0 Å². The standard InChI is InChI=1S/C23H28N4O2S/c1-4-15-7-5-6-8-17(15)25-19(28)12-24-14(3)21-26-22(29)20-16-10-9-13(2)11-18(16)30-23(20)27-21/h5-8,13-14,24H,4,9-12H2,1-3H3,(H,25,28)(H,26,27,29)/t13-,14-/m0/s1. The first-order valence-electron chi connectivity index (χ1n) is 10.6. The van der Waals surface area contributed by atoms with Gasteiger partial charge in [-0.25, -0.2) is 4.98 Å². The molecular weight excluding hydrogens is 396 g/mol. The second-order valence-corrected chi connectivity index (χ2v) is 9.23. The number of nitrogens with zero attached hydrogens (tertiary/aromatic N) is 1. The van der Waals surface area contributed by atoms with Crippen molar-refractivity contribution in [1.29, 1.82) is 0 Å². The van der Waals surface area contributed by atoms with Crippen molar-refractivity contribution in [2.24, 2.45) is 5.92 Å². The molecule has 1 aromatic carbocycles. The van der Waals surface area contributed by atoms with Crippen LogP contribution in [0.15, 0.2) is 29.1 Å². The van der Waals surface area contributed by atoms with Crippen LogP contribution in [0.25, 0.3) is 10.2 Å². The molecule has 30 heavy (non-hydrogen) atoms. The Morgan fingerprint density at radius 2 is 2.17 bits per heavy atom. The highest BCUT2D eigenvalue weighted by Crippen LogP contribution is 2.35. The topological polar surface area (TPSA) is 86.9 Å². The molecule has 158 valence electrons. The fourth-order valence-corrected chi connectivity index (χ4v) is 5.45. The molecule has 6 nitrogen and oxygen atoms in total. The minimum absolute atomic E-state index is 0.0722. The molecule has 0 unspecified atom stereocenters. The van der Waals surface area contributed by atoms with Crippen LogP contribution in [0.3, 0.4) is 0 Å². The minimum Gasteiger partial charge on any atom is -0.325 e. The number of rotatable bonds is 6. The number of amides is 1. The van der Waals surface area contributed by atoms with Crippen LogP contribution in [0, 0.1) is 5.92 Å². The number of aryl methyl sites for hydroxylation is 2. The quantitative estimate of drug-likeness (QED) is 0.559. The molecule has 3 aromatic rings. The van der Waals surface area contributed by atoms with Crippen molar-refractivity contribution in [2.75, 3.05) is 11.9 Å².